The van der Waals surface area contributed by atoms with Crippen molar-refractivity contribution in [1.29, 1.82) is 0 Å². The molecule has 0 saturated heterocycles. The normalized spacial score (nSPS) is 17.3. The summed E-state index contributed by atoms with van der Waals surface area (Å²) >= 11 is 3.03. The number of amides is 1. The minimum Gasteiger partial charge on any atom is -0.410 e. The Hall–Kier alpha value is -1.34. The standard InChI is InChI=1S/C16H21N3O2S2/c1-9(2)17-14(20)8-22-16-19-18-15(21-16)13-7-11-6-10(3)4-5-12(11)23-13/h7,9-10H,4-6,8H2,1-3H3,(H,17,20)/t10-/m0/s1. The summed E-state index contributed by atoms with van der Waals surface area (Å²) in [5, 5.41) is 11.5. The van der Waals surface area contributed by atoms with E-state index in [1.54, 1.807) is 11.3 Å². The number of nitrogens with one attached hydrogen (secondary N) is 1. The molecule has 1 aliphatic carbocycles. The summed E-state index contributed by atoms with van der Waals surface area (Å²) in [6.07, 6.45) is 3.53. The minimum atomic E-state index is -0.0228. The average Bonchev–Trinajstić information content (AvgIpc) is 3.10. The average molecular weight is 351 g/mol. The summed E-state index contributed by atoms with van der Waals surface area (Å²) < 4.78 is 5.70. The topological polar surface area (TPSA) is 68.0 Å². The zero-order chi connectivity index (χ0) is 16.4. The van der Waals surface area contributed by atoms with Crippen LogP contribution >= 0.6 is 23.1 Å². The van der Waals surface area contributed by atoms with E-state index in [0.717, 1.165) is 23.6 Å². The Morgan fingerprint density at radius 1 is 1.52 bits per heavy atom. The lowest BCUT2D eigenvalue weighted by Gasteiger charge is -2.16. The lowest BCUT2D eigenvalue weighted by Crippen LogP contribution is -2.31. The van der Waals surface area contributed by atoms with Crippen LogP contribution in [0.5, 0.6) is 0 Å². The fourth-order valence-corrected chi connectivity index (χ4v) is 4.37. The van der Waals surface area contributed by atoms with Crippen molar-refractivity contribution in [2.45, 2.75) is 51.3 Å². The van der Waals surface area contributed by atoms with Crippen molar-refractivity contribution in [2.24, 2.45) is 5.92 Å². The molecule has 0 aromatic carbocycles. The second-order valence-electron chi connectivity index (χ2n) is 6.29. The highest BCUT2D eigenvalue weighted by Gasteiger charge is 2.21. The molecule has 1 amide bonds. The van der Waals surface area contributed by atoms with Crippen LogP contribution in [-0.4, -0.2) is 27.9 Å². The van der Waals surface area contributed by atoms with Gasteiger partial charge >= 0.3 is 0 Å². The molecule has 2 heterocycles. The SMILES string of the molecule is CC(C)NC(=O)CSc1nnc(-c2cc3c(s2)CC[C@H](C)C3)o1. The molecule has 2 aromatic heterocycles. The number of aromatic nitrogens is 2. The number of thiophene rings is 1. The Morgan fingerprint density at radius 2 is 2.35 bits per heavy atom. The molecule has 2 aromatic rings. The van der Waals surface area contributed by atoms with Gasteiger partial charge in [0.05, 0.1) is 10.6 Å². The largest absolute Gasteiger partial charge is 0.410 e. The van der Waals surface area contributed by atoms with E-state index in [0.29, 0.717) is 11.1 Å². The third-order valence-electron chi connectivity index (χ3n) is 3.72. The van der Waals surface area contributed by atoms with E-state index in [-0.39, 0.29) is 17.7 Å². The molecule has 1 atom stereocenters. The summed E-state index contributed by atoms with van der Waals surface area (Å²) in [6.45, 7) is 6.17. The van der Waals surface area contributed by atoms with Crippen LogP contribution in [0, 0.1) is 5.92 Å². The van der Waals surface area contributed by atoms with Crippen LogP contribution in [0.15, 0.2) is 15.7 Å². The third kappa shape index (κ3) is 4.14. The van der Waals surface area contributed by atoms with Crippen LogP contribution < -0.4 is 5.32 Å². The number of hydrogen-bond acceptors (Lipinski definition) is 6. The van der Waals surface area contributed by atoms with Gasteiger partial charge in [0.1, 0.15) is 0 Å². The summed E-state index contributed by atoms with van der Waals surface area (Å²) in [5.41, 5.74) is 1.42. The van der Waals surface area contributed by atoms with E-state index < -0.39 is 0 Å². The van der Waals surface area contributed by atoms with Crippen molar-refractivity contribution in [3.63, 3.8) is 0 Å². The molecule has 0 spiro atoms. The summed E-state index contributed by atoms with van der Waals surface area (Å²) in [6, 6.07) is 2.32. The highest BCUT2D eigenvalue weighted by molar-refractivity contribution is 7.99. The van der Waals surface area contributed by atoms with E-state index >= 15 is 0 Å². The van der Waals surface area contributed by atoms with Crippen molar-refractivity contribution in [3.05, 3.63) is 16.5 Å². The number of hydrogen-bond donors (Lipinski definition) is 1. The van der Waals surface area contributed by atoms with Crippen LogP contribution in [0.2, 0.25) is 0 Å². The fourth-order valence-electron chi connectivity index (χ4n) is 2.67. The molecule has 0 aliphatic heterocycles. The minimum absolute atomic E-state index is 0.0228. The van der Waals surface area contributed by atoms with Gasteiger partial charge in [-0.25, -0.2) is 0 Å². The van der Waals surface area contributed by atoms with E-state index in [4.69, 9.17) is 4.42 Å². The molecule has 124 valence electrons. The number of aryl methyl sites for hydroxylation is 1. The predicted molar refractivity (Wildman–Crippen MR) is 92.8 cm³/mol. The molecule has 5 nitrogen and oxygen atoms in total. The highest BCUT2D eigenvalue weighted by Crippen LogP contribution is 2.37. The molecule has 0 fully saturated rings. The monoisotopic (exact) mass is 351 g/mol. The van der Waals surface area contributed by atoms with Crippen LogP contribution in [0.3, 0.4) is 0 Å². The van der Waals surface area contributed by atoms with E-state index in [9.17, 15) is 4.79 Å². The number of fused-ring (bicyclic) bond motifs is 1. The zero-order valence-corrected chi connectivity index (χ0v) is 15.2. The van der Waals surface area contributed by atoms with E-state index in [2.05, 4.69) is 28.5 Å². The Balaban J connectivity index is 1.64. The maximum atomic E-state index is 11.6. The van der Waals surface area contributed by atoms with Crippen LogP contribution in [0.25, 0.3) is 10.8 Å². The lowest BCUT2D eigenvalue weighted by atomic mass is 9.90. The first kappa shape index (κ1) is 16.5. The molecule has 7 heteroatoms. The van der Waals surface area contributed by atoms with Crippen LogP contribution in [0.4, 0.5) is 0 Å². The number of rotatable bonds is 5. The lowest BCUT2D eigenvalue weighted by molar-refractivity contribution is -0.119. The van der Waals surface area contributed by atoms with Crippen molar-refractivity contribution >= 4 is 29.0 Å². The van der Waals surface area contributed by atoms with Gasteiger partial charge in [-0.2, -0.15) is 0 Å². The van der Waals surface area contributed by atoms with E-state index in [1.165, 1.54) is 28.6 Å². The van der Waals surface area contributed by atoms with Gasteiger partial charge in [0, 0.05) is 10.9 Å². The van der Waals surface area contributed by atoms with E-state index in [1.807, 2.05) is 13.8 Å². The summed E-state index contributed by atoms with van der Waals surface area (Å²) in [7, 11) is 0. The van der Waals surface area contributed by atoms with Crippen molar-refractivity contribution in [3.8, 4) is 10.8 Å². The molecular weight excluding hydrogens is 330 g/mol. The quantitative estimate of drug-likeness (QED) is 0.835. The predicted octanol–water partition coefficient (Wildman–Crippen LogP) is 3.54. The Bertz CT molecular complexity index is 693. The Morgan fingerprint density at radius 3 is 3.13 bits per heavy atom. The van der Waals surface area contributed by atoms with Gasteiger partial charge in [-0.3, -0.25) is 4.79 Å². The Kier molecular flexibility index (Phi) is 5.06. The zero-order valence-electron chi connectivity index (χ0n) is 13.6. The molecule has 0 saturated carbocycles. The number of carbonyl (C=O) groups excluding carboxylic acids is 1. The highest BCUT2D eigenvalue weighted by atomic mass is 32.2. The summed E-state index contributed by atoms with van der Waals surface area (Å²) in [5.74, 6) is 1.57. The van der Waals surface area contributed by atoms with Gasteiger partial charge in [-0.1, -0.05) is 18.7 Å². The van der Waals surface area contributed by atoms with Crippen LogP contribution in [-0.2, 0) is 17.6 Å². The van der Waals surface area contributed by atoms with Crippen molar-refractivity contribution < 1.29 is 9.21 Å². The smallest absolute Gasteiger partial charge is 0.277 e. The molecule has 3 rings (SSSR count). The van der Waals surface area contributed by atoms with Gasteiger partial charge < -0.3 is 9.73 Å². The number of nitrogens with zero attached hydrogens (tertiary/aromatic N) is 2. The Labute approximate surface area is 144 Å². The first-order valence-electron chi connectivity index (χ1n) is 7.89. The molecule has 23 heavy (non-hydrogen) atoms. The maximum absolute atomic E-state index is 11.6. The fraction of sp³-hybridized carbons (Fsp3) is 0.562. The van der Waals surface area contributed by atoms with Gasteiger partial charge in [-0.05, 0) is 50.7 Å². The molecule has 0 unspecified atom stereocenters. The third-order valence-corrected chi connectivity index (χ3v) is 5.77. The number of carbonyl (C=O) groups is 1. The molecular formula is C16H21N3O2S2. The molecule has 1 N–H and O–H groups in total. The molecule has 0 radical (unpaired) electrons. The van der Waals surface area contributed by atoms with Gasteiger partial charge in [-0.15, -0.1) is 21.5 Å². The van der Waals surface area contributed by atoms with Crippen molar-refractivity contribution in [2.75, 3.05) is 5.75 Å². The van der Waals surface area contributed by atoms with Gasteiger partial charge in [0.25, 0.3) is 11.1 Å². The second kappa shape index (κ2) is 7.05. The molecule has 0 bridgehead atoms. The van der Waals surface area contributed by atoms with Crippen LogP contribution in [0.1, 0.15) is 37.6 Å². The first-order chi connectivity index (χ1) is 11.0. The first-order valence-corrected chi connectivity index (χ1v) is 9.69. The van der Waals surface area contributed by atoms with Gasteiger partial charge in [0.15, 0.2) is 0 Å². The second-order valence-corrected chi connectivity index (χ2v) is 8.35. The summed E-state index contributed by atoms with van der Waals surface area (Å²) in [4.78, 5) is 14.1. The number of thioether (sulfide) groups is 1. The van der Waals surface area contributed by atoms with Crippen molar-refractivity contribution in [1.82, 2.24) is 15.5 Å². The van der Waals surface area contributed by atoms with Gasteiger partial charge in [0.2, 0.25) is 5.91 Å². The molecule has 1 aliphatic rings. The maximum Gasteiger partial charge on any atom is 0.277 e.